The first-order valence-electron chi connectivity index (χ1n) is 7.57. The maximum atomic E-state index is 13.4. The van der Waals surface area contributed by atoms with Gasteiger partial charge >= 0.3 is 6.03 Å². The first kappa shape index (κ1) is 18.7. The number of rotatable bonds is 8. The van der Waals surface area contributed by atoms with Crippen molar-refractivity contribution in [1.29, 1.82) is 0 Å². The zero-order valence-corrected chi connectivity index (χ0v) is 13.7. The average Bonchev–Trinajstić information content (AvgIpc) is 2.50. The summed E-state index contributed by atoms with van der Waals surface area (Å²) in [5, 5.41) is 7.76. The number of urea groups is 1. The van der Waals surface area contributed by atoms with Crippen molar-refractivity contribution >= 4 is 11.9 Å². The van der Waals surface area contributed by atoms with Crippen molar-refractivity contribution in [3.8, 4) is 5.75 Å². The summed E-state index contributed by atoms with van der Waals surface area (Å²) in [5.74, 6) is -0.215. The molecule has 3 N–H and O–H groups in total. The van der Waals surface area contributed by atoms with E-state index < -0.39 is 11.8 Å². The lowest BCUT2D eigenvalue weighted by Gasteiger charge is -2.16. The van der Waals surface area contributed by atoms with Gasteiger partial charge in [0.25, 0.3) is 0 Å². The van der Waals surface area contributed by atoms with Crippen LogP contribution in [0.3, 0.4) is 0 Å². The van der Waals surface area contributed by atoms with E-state index in [4.69, 9.17) is 4.74 Å². The van der Waals surface area contributed by atoms with Crippen LogP contribution in [0.2, 0.25) is 0 Å². The third-order valence-corrected chi connectivity index (χ3v) is 2.82. The normalized spacial score (nSPS) is 11.7. The lowest BCUT2D eigenvalue weighted by Crippen LogP contribution is -2.46. The highest BCUT2D eigenvalue weighted by atomic mass is 19.1. The van der Waals surface area contributed by atoms with Gasteiger partial charge < -0.3 is 20.7 Å². The SMILES string of the molecule is CC(C)CNC(=O)CNC(=O)N[C@@H](C)COc1ccccc1F. The fraction of sp³-hybridized carbons (Fsp3) is 0.500. The Kier molecular flexibility index (Phi) is 7.87. The van der Waals surface area contributed by atoms with Crippen LogP contribution in [0.5, 0.6) is 5.75 Å². The second-order valence-electron chi connectivity index (χ2n) is 5.67. The summed E-state index contributed by atoms with van der Waals surface area (Å²) < 4.78 is 18.7. The summed E-state index contributed by atoms with van der Waals surface area (Å²) in [5.41, 5.74) is 0. The van der Waals surface area contributed by atoms with Gasteiger partial charge in [0.1, 0.15) is 6.61 Å². The second kappa shape index (κ2) is 9.66. The number of carbonyl (C=O) groups excluding carboxylic acids is 2. The van der Waals surface area contributed by atoms with Gasteiger partial charge in [-0.2, -0.15) is 0 Å². The van der Waals surface area contributed by atoms with Crippen LogP contribution in [0, 0.1) is 11.7 Å². The number of carbonyl (C=O) groups is 2. The van der Waals surface area contributed by atoms with Gasteiger partial charge in [0.05, 0.1) is 12.6 Å². The number of para-hydroxylation sites is 1. The maximum Gasteiger partial charge on any atom is 0.315 e. The zero-order chi connectivity index (χ0) is 17.2. The number of nitrogens with one attached hydrogen (secondary N) is 3. The molecule has 0 bridgehead atoms. The van der Waals surface area contributed by atoms with Gasteiger partial charge in [0.2, 0.25) is 5.91 Å². The van der Waals surface area contributed by atoms with E-state index in [1.54, 1.807) is 19.1 Å². The Hall–Kier alpha value is -2.31. The van der Waals surface area contributed by atoms with Crippen LogP contribution in [0.4, 0.5) is 9.18 Å². The molecule has 0 aliphatic rings. The van der Waals surface area contributed by atoms with Crippen molar-refractivity contribution in [1.82, 2.24) is 16.0 Å². The molecule has 0 unspecified atom stereocenters. The Labute approximate surface area is 135 Å². The lowest BCUT2D eigenvalue weighted by molar-refractivity contribution is -0.120. The molecule has 0 aliphatic carbocycles. The quantitative estimate of drug-likeness (QED) is 0.680. The highest BCUT2D eigenvalue weighted by molar-refractivity contribution is 5.83. The smallest absolute Gasteiger partial charge is 0.315 e. The fourth-order valence-corrected chi connectivity index (χ4v) is 1.63. The van der Waals surface area contributed by atoms with E-state index >= 15 is 0 Å². The second-order valence-corrected chi connectivity index (χ2v) is 5.67. The van der Waals surface area contributed by atoms with E-state index in [0.29, 0.717) is 12.5 Å². The molecule has 1 atom stereocenters. The molecule has 0 heterocycles. The van der Waals surface area contributed by atoms with Crippen molar-refractivity contribution in [2.75, 3.05) is 19.7 Å². The van der Waals surface area contributed by atoms with E-state index in [0.717, 1.165) is 0 Å². The van der Waals surface area contributed by atoms with Crippen molar-refractivity contribution < 1.29 is 18.7 Å². The predicted molar refractivity (Wildman–Crippen MR) is 85.7 cm³/mol. The van der Waals surface area contributed by atoms with Gasteiger partial charge in [-0.1, -0.05) is 26.0 Å². The number of benzene rings is 1. The molecule has 1 aromatic rings. The van der Waals surface area contributed by atoms with E-state index in [-0.39, 0.29) is 30.9 Å². The molecule has 23 heavy (non-hydrogen) atoms. The number of hydrogen-bond donors (Lipinski definition) is 3. The van der Waals surface area contributed by atoms with Crippen LogP contribution in [0.25, 0.3) is 0 Å². The van der Waals surface area contributed by atoms with Gasteiger partial charge in [-0.3, -0.25) is 4.79 Å². The van der Waals surface area contributed by atoms with E-state index in [2.05, 4.69) is 16.0 Å². The highest BCUT2D eigenvalue weighted by Gasteiger charge is 2.10. The van der Waals surface area contributed by atoms with Gasteiger partial charge in [0.15, 0.2) is 11.6 Å². The maximum absolute atomic E-state index is 13.4. The molecule has 0 saturated carbocycles. The fourth-order valence-electron chi connectivity index (χ4n) is 1.63. The van der Waals surface area contributed by atoms with E-state index in [1.807, 2.05) is 13.8 Å². The Bertz CT molecular complexity index is 523. The first-order valence-corrected chi connectivity index (χ1v) is 7.57. The lowest BCUT2D eigenvalue weighted by atomic mass is 10.2. The molecule has 1 rings (SSSR count). The molecule has 7 heteroatoms. The largest absolute Gasteiger partial charge is 0.488 e. The number of amides is 3. The van der Waals surface area contributed by atoms with Crippen molar-refractivity contribution in [3.63, 3.8) is 0 Å². The molecule has 3 amide bonds. The molecule has 0 saturated heterocycles. The monoisotopic (exact) mass is 325 g/mol. The van der Waals surface area contributed by atoms with Gasteiger partial charge in [-0.15, -0.1) is 0 Å². The van der Waals surface area contributed by atoms with Crippen LogP contribution in [0.15, 0.2) is 24.3 Å². The van der Waals surface area contributed by atoms with E-state index in [1.165, 1.54) is 12.1 Å². The third kappa shape index (κ3) is 8.04. The molecule has 0 radical (unpaired) electrons. The minimum Gasteiger partial charge on any atom is -0.488 e. The predicted octanol–water partition coefficient (Wildman–Crippen LogP) is 1.66. The van der Waals surface area contributed by atoms with Crippen LogP contribution in [0.1, 0.15) is 20.8 Å². The van der Waals surface area contributed by atoms with Crippen molar-refractivity contribution in [2.24, 2.45) is 5.92 Å². The summed E-state index contributed by atoms with van der Waals surface area (Å²) in [6.45, 7) is 6.27. The zero-order valence-electron chi connectivity index (χ0n) is 13.7. The summed E-state index contributed by atoms with van der Waals surface area (Å²) in [4.78, 5) is 23.1. The molecule has 128 valence electrons. The topological polar surface area (TPSA) is 79.5 Å². The van der Waals surface area contributed by atoms with Crippen LogP contribution in [-0.2, 0) is 4.79 Å². The van der Waals surface area contributed by atoms with E-state index in [9.17, 15) is 14.0 Å². The molecule has 6 nitrogen and oxygen atoms in total. The Morgan fingerprint density at radius 3 is 2.52 bits per heavy atom. The molecule has 0 aliphatic heterocycles. The summed E-state index contributed by atoms with van der Waals surface area (Å²) in [6.07, 6.45) is 0. The third-order valence-electron chi connectivity index (χ3n) is 2.82. The number of ether oxygens (including phenoxy) is 1. The van der Waals surface area contributed by atoms with Gasteiger partial charge in [0, 0.05) is 6.54 Å². The minimum absolute atomic E-state index is 0.0978. The van der Waals surface area contributed by atoms with Crippen molar-refractivity contribution in [2.45, 2.75) is 26.8 Å². The molecule has 1 aromatic carbocycles. The summed E-state index contributed by atoms with van der Waals surface area (Å²) in [6, 6.07) is 5.24. The van der Waals surface area contributed by atoms with Crippen LogP contribution in [-0.4, -0.2) is 37.7 Å². The summed E-state index contributed by atoms with van der Waals surface area (Å²) in [7, 11) is 0. The summed E-state index contributed by atoms with van der Waals surface area (Å²) >= 11 is 0. The number of hydrogen-bond acceptors (Lipinski definition) is 3. The standard InChI is InChI=1S/C16H24FN3O3/c1-11(2)8-18-15(21)9-19-16(22)20-12(3)10-23-14-7-5-4-6-13(14)17/h4-7,11-12H,8-10H2,1-3H3,(H,18,21)(H2,19,20,22)/t12-/m0/s1. The first-order chi connectivity index (χ1) is 10.9. The molecule has 0 spiro atoms. The molecular formula is C16H24FN3O3. The Morgan fingerprint density at radius 2 is 1.87 bits per heavy atom. The van der Waals surface area contributed by atoms with Crippen molar-refractivity contribution in [3.05, 3.63) is 30.1 Å². The number of halogens is 1. The highest BCUT2D eigenvalue weighted by Crippen LogP contribution is 2.15. The van der Waals surface area contributed by atoms with Gasteiger partial charge in [-0.05, 0) is 25.0 Å². The van der Waals surface area contributed by atoms with Crippen LogP contribution >= 0.6 is 0 Å². The molecule has 0 fully saturated rings. The Morgan fingerprint density at radius 1 is 1.17 bits per heavy atom. The molecule has 0 aromatic heterocycles. The molecular weight excluding hydrogens is 301 g/mol. The average molecular weight is 325 g/mol. The van der Waals surface area contributed by atoms with Crippen LogP contribution < -0.4 is 20.7 Å². The minimum atomic E-state index is -0.477. The van der Waals surface area contributed by atoms with Gasteiger partial charge in [-0.25, -0.2) is 9.18 Å². The Balaban J connectivity index is 2.23.